The second-order valence-corrected chi connectivity index (χ2v) is 3.49. The van der Waals surface area contributed by atoms with Crippen LogP contribution >= 0.6 is 11.6 Å². The zero-order chi connectivity index (χ0) is 10.1. The summed E-state index contributed by atoms with van der Waals surface area (Å²) in [6.45, 7) is 1.90. The van der Waals surface area contributed by atoms with E-state index < -0.39 is 0 Å². The lowest BCUT2D eigenvalue weighted by molar-refractivity contribution is 1.04. The third kappa shape index (κ3) is 1.34. The fourth-order valence-corrected chi connectivity index (χ4v) is 1.63. The molecule has 2 aromatic heterocycles. The summed E-state index contributed by atoms with van der Waals surface area (Å²) in [6.07, 6.45) is 2.14. The van der Waals surface area contributed by atoms with Crippen LogP contribution in [0.4, 0.5) is 0 Å². The maximum absolute atomic E-state index is 8.67. The third-order valence-corrected chi connectivity index (χ3v) is 2.35. The van der Waals surface area contributed by atoms with Crippen molar-refractivity contribution in [2.45, 2.75) is 13.3 Å². The molecule has 0 aliphatic rings. The number of rotatable bonds is 1. The number of imidazole rings is 1. The Balaban J connectivity index is 2.74. The largest absolute Gasteiger partial charge is 0.301 e. The fourth-order valence-electron chi connectivity index (χ4n) is 1.47. The second kappa shape index (κ2) is 3.32. The van der Waals surface area contributed by atoms with Crippen molar-refractivity contribution in [2.75, 3.05) is 0 Å². The molecular weight excluding hydrogens is 198 g/mol. The monoisotopic (exact) mass is 205 g/mol. The van der Waals surface area contributed by atoms with Crippen molar-refractivity contribution in [2.24, 2.45) is 0 Å². The lowest BCUT2D eigenvalue weighted by Gasteiger charge is -1.97. The van der Waals surface area contributed by atoms with Gasteiger partial charge in [-0.3, -0.25) is 0 Å². The zero-order valence-electron chi connectivity index (χ0n) is 7.66. The van der Waals surface area contributed by atoms with Crippen LogP contribution in [-0.4, -0.2) is 9.38 Å². The van der Waals surface area contributed by atoms with Gasteiger partial charge >= 0.3 is 0 Å². The van der Waals surface area contributed by atoms with Gasteiger partial charge in [0.2, 0.25) is 0 Å². The lowest BCUT2D eigenvalue weighted by Crippen LogP contribution is -1.92. The highest BCUT2D eigenvalue weighted by Crippen LogP contribution is 2.16. The summed E-state index contributed by atoms with van der Waals surface area (Å²) in [5.74, 6) is 0. The van der Waals surface area contributed by atoms with Crippen LogP contribution in [0.2, 0.25) is 5.02 Å². The molecule has 0 N–H and O–H groups in total. The average molecular weight is 206 g/mol. The number of halogens is 1. The van der Waals surface area contributed by atoms with Crippen molar-refractivity contribution in [1.29, 1.82) is 5.26 Å². The van der Waals surface area contributed by atoms with E-state index in [9.17, 15) is 0 Å². The van der Waals surface area contributed by atoms with Crippen LogP contribution in [0.1, 0.15) is 11.4 Å². The Morgan fingerprint density at radius 1 is 1.57 bits per heavy atom. The van der Waals surface area contributed by atoms with E-state index in [0.29, 0.717) is 11.4 Å². The van der Waals surface area contributed by atoms with Gasteiger partial charge in [0.05, 0.1) is 28.9 Å². The number of hydrogen-bond donors (Lipinski definition) is 0. The van der Waals surface area contributed by atoms with Crippen LogP contribution in [0.3, 0.4) is 0 Å². The molecule has 2 aromatic rings. The van der Waals surface area contributed by atoms with E-state index in [-0.39, 0.29) is 0 Å². The summed E-state index contributed by atoms with van der Waals surface area (Å²) >= 11 is 5.87. The van der Waals surface area contributed by atoms with Gasteiger partial charge in [0.15, 0.2) is 0 Å². The molecular formula is C10H8ClN3. The van der Waals surface area contributed by atoms with Gasteiger partial charge in [-0.15, -0.1) is 0 Å². The molecule has 14 heavy (non-hydrogen) atoms. The molecule has 0 bridgehead atoms. The second-order valence-electron chi connectivity index (χ2n) is 3.05. The van der Waals surface area contributed by atoms with Crippen molar-refractivity contribution in [1.82, 2.24) is 9.38 Å². The molecule has 70 valence electrons. The predicted molar refractivity (Wildman–Crippen MR) is 54.3 cm³/mol. The smallest absolute Gasteiger partial charge is 0.137 e. The Morgan fingerprint density at radius 3 is 3.07 bits per heavy atom. The fraction of sp³-hybridized carbons (Fsp3) is 0.200. The minimum absolute atomic E-state index is 0.355. The molecule has 0 saturated heterocycles. The Morgan fingerprint density at radius 2 is 2.36 bits per heavy atom. The van der Waals surface area contributed by atoms with E-state index >= 15 is 0 Å². The Kier molecular flexibility index (Phi) is 2.14. The molecule has 0 fully saturated rings. The predicted octanol–water partition coefficient (Wildman–Crippen LogP) is 2.36. The Bertz CT molecular complexity index is 522. The number of hydrogen-bond acceptors (Lipinski definition) is 2. The minimum atomic E-state index is 0.355. The molecule has 4 heteroatoms. The van der Waals surface area contributed by atoms with E-state index in [1.54, 1.807) is 12.3 Å². The van der Waals surface area contributed by atoms with Crippen molar-refractivity contribution in [3.63, 3.8) is 0 Å². The van der Waals surface area contributed by atoms with Gasteiger partial charge < -0.3 is 4.40 Å². The van der Waals surface area contributed by atoms with Crippen molar-refractivity contribution in [3.05, 3.63) is 34.7 Å². The average Bonchev–Trinajstić information content (AvgIpc) is 2.45. The maximum atomic E-state index is 8.67. The third-order valence-electron chi connectivity index (χ3n) is 2.13. The first-order valence-corrected chi connectivity index (χ1v) is 4.60. The SMILES string of the molecule is Cc1nc2ccc(Cl)cn2c1CC#N. The molecule has 2 heterocycles. The number of fused-ring (bicyclic) bond motifs is 1. The van der Waals surface area contributed by atoms with Crippen LogP contribution in [0.15, 0.2) is 18.3 Å². The quantitative estimate of drug-likeness (QED) is 0.717. The first-order valence-electron chi connectivity index (χ1n) is 4.22. The summed E-state index contributed by atoms with van der Waals surface area (Å²) in [4.78, 5) is 4.33. The molecule has 0 spiro atoms. The van der Waals surface area contributed by atoms with Crippen molar-refractivity contribution >= 4 is 17.2 Å². The first-order chi connectivity index (χ1) is 6.72. The maximum Gasteiger partial charge on any atom is 0.137 e. The molecule has 3 nitrogen and oxygen atoms in total. The van der Waals surface area contributed by atoms with Crippen molar-refractivity contribution < 1.29 is 0 Å². The summed E-state index contributed by atoms with van der Waals surface area (Å²) < 4.78 is 1.86. The highest BCUT2D eigenvalue weighted by atomic mass is 35.5. The summed E-state index contributed by atoms with van der Waals surface area (Å²) in [5.41, 5.74) is 2.62. The van der Waals surface area contributed by atoms with Crippen LogP contribution < -0.4 is 0 Å². The Hall–Kier alpha value is -1.53. The van der Waals surface area contributed by atoms with E-state index in [0.717, 1.165) is 17.0 Å². The molecule has 0 unspecified atom stereocenters. The zero-order valence-corrected chi connectivity index (χ0v) is 8.41. The summed E-state index contributed by atoms with van der Waals surface area (Å²) in [5, 5.41) is 9.31. The number of aryl methyl sites for hydroxylation is 1. The molecule has 0 saturated carbocycles. The number of pyridine rings is 1. The van der Waals surface area contributed by atoms with Gasteiger partial charge in [0, 0.05) is 6.20 Å². The van der Waals surface area contributed by atoms with Crippen LogP contribution in [0.5, 0.6) is 0 Å². The highest BCUT2D eigenvalue weighted by molar-refractivity contribution is 6.30. The highest BCUT2D eigenvalue weighted by Gasteiger charge is 2.07. The lowest BCUT2D eigenvalue weighted by atomic mass is 10.3. The molecule has 0 radical (unpaired) electrons. The standard InChI is InChI=1S/C10H8ClN3/c1-7-9(4-5-12)14-6-8(11)2-3-10(14)13-7/h2-3,6H,4H2,1H3. The number of nitriles is 1. The molecule has 0 aliphatic heterocycles. The minimum Gasteiger partial charge on any atom is -0.301 e. The summed E-state index contributed by atoms with van der Waals surface area (Å²) in [7, 11) is 0. The van der Waals surface area contributed by atoms with Gasteiger partial charge in [0.1, 0.15) is 5.65 Å². The Labute approximate surface area is 86.6 Å². The van der Waals surface area contributed by atoms with E-state index in [2.05, 4.69) is 11.1 Å². The first kappa shape index (κ1) is 9.04. The van der Waals surface area contributed by atoms with E-state index in [4.69, 9.17) is 16.9 Å². The van der Waals surface area contributed by atoms with Gasteiger partial charge in [-0.2, -0.15) is 5.26 Å². The van der Waals surface area contributed by atoms with Gasteiger partial charge in [-0.1, -0.05) is 11.6 Å². The molecule has 2 rings (SSSR count). The molecule has 0 amide bonds. The number of nitrogens with zero attached hydrogens (tertiary/aromatic N) is 3. The molecule has 0 aromatic carbocycles. The molecule has 0 atom stereocenters. The van der Waals surface area contributed by atoms with Gasteiger partial charge in [-0.25, -0.2) is 4.98 Å². The van der Waals surface area contributed by atoms with Gasteiger partial charge in [-0.05, 0) is 19.1 Å². The van der Waals surface area contributed by atoms with Gasteiger partial charge in [0.25, 0.3) is 0 Å². The van der Waals surface area contributed by atoms with Crippen LogP contribution in [-0.2, 0) is 6.42 Å². The summed E-state index contributed by atoms with van der Waals surface area (Å²) in [6, 6.07) is 5.75. The number of aromatic nitrogens is 2. The normalized spacial score (nSPS) is 10.4. The van der Waals surface area contributed by atoms with Crippen molar-refractivity contribution in [3.8, 4) is 6.07 Å². The van der Waals surface area contributed by atoms with Crippen LogP contribution in [0.25, 0.3) is 5.65 Å². The van der Waals surface area contributed by atoms with E-state index in [1.165, 1.54) is 0 Å². The topological polar surface area (TPSA) is 41.1 Å². The molecule has 0 aliphatic carbocycles. The van der Waals surface area contributed by atoms with Crippen LogP contribution in [0, 0.1) is 18.3 Å². The van der Waals surface area contributed by atoms with E-state index in [1.807, 2.05) is 17.4 Å².